The normalized spacial score (nSPS) is 15.2. The molecule has 0 amide bonds. The van der Waals surface area contributed by atoms with E-state index in [-0.39, 0.29) is 6.04 Å². The Morgan fingerprint density at radius 1 is 1.60 bits per heavy atom. The summed E-state index contributed by atoms with van der Waals surface area (Å²) in [5.41, 5.74) is 7.11. The fourth-order valence-electron chi connectivity index (χ4n) is 1.55. The van der Waals surface area contributed by atoms with E-state index in [1.54, 1.807) is 6.26 Å². The van der Waals surface area contributed by atoms with Crippen LogP contribution in [0.2, 0.25) is 8.87 Å². The van der Waals surface area contributed by atoms with E-state index in [9.17, 15) is 0 Å². The van der Waals surface area contributed by atoms with Gasteiger partial charge in [0.2, 0.25) is 0 Å². The second kappa shape index (κ2) is 7.24. The van der Waals surface area contributed by atoms with Crippen molar-refractivity contribution in [2.75, 3.05) is 5.75 Å². The Kier molecular flexibility index (Phi) is 6.73. The summed E-state index contributed by atoms with van der Waals surface area (Å²) in [5.74, 6) is 1.96. The topological polar surface area (TPSA) is 39.2 Å². The van der Waals surface area contributed by atoms with Crippen LogP contribution in [0.5, 0.6) is 0 Å². The van der Waals surface area contributed by atoms with Gasteiger partial charge in [-0.3, -0.25) is 0 Å². The van der Waals surface area contributed by atoms with Gasteiger partial charge in [0.25, 0.3) is 0 Å². The quantitative estimate of drug-likeness (QED) is 0.571. The molecular formula is C10H18BrNOSSn. The molecule has 2 N–H and O–H groups in total. The number of aryl methyl sites for hydroxylation is 1. The first-order valence-electron chi connectivity index (χ1n) is 5.22. The average Bonchev–Trinajstić information content (AvgIpc) is 2.63. The van der Waals surface area contributed by atoms with Gasteiger partial charge in [-0.25, -0.2) is 0 Å². The van der Waals surface area contributed by atoms with Crippen molar-refractivity contribution in [2.24, 2.45) is 5.73 Å². The monoisotopic (exact) mass is 399 g/mol. The number of rotatable bonds is 6. The number of nitrogens with two attached hydrogens (primary N) is 1. The van der Waals surface area contributed by atoms with Crippen LogP contribution in [-0.4, -0.2) is 23.3 Å². The molecule has 86 valence electrons. The van der Waals surface area contributed by atoms with Crippen molar-refractivity contribution in [3.63, 3.8) is 0 Å². The van der Waals surface area contributed by atoms with Crippen molar-refractivity contribution in [1.29, 1.82) is 0 Å². The summed E-state index contributed by atoms with van der Waals surface area (Å²) in [5, 5.41) is 0. The zero-order chi connectivity index (χ0) is 11.3. The molecule has 1 aromatic heterocycles. The third-order valence-corrected chi connectivity index (χ3v) is 15.4. The van der Waals surface area contributed by atoms with E-state index in [1.165, 1.54) is 14.4 Å². The summed E-state index contributed by atoms with van der Waals surface area (Å²) in [6, 6.07) is 2.05. The van der Waals surface area contributed by atoms with Gasteiger partial charge < -0.3 is 0 Å². The van der Waals surface area contributed by atoms with Gasteiger partial charge in [0.15, 0.2) is 0 Å². The second-order valence-corrected chi connectivity index (χ2v) is 19.6. The van der Waals surface area contributed by atoms with Gasteiger partial charge in [-0.05, 0) is 0 Å². The summed E-state index contributed by atoms with van der Waals surface area (Å²) in [7, 11) is 0. The Labute approximate surface area is 110 Å². The molecule has 2 unspecified atom stereocenters. The molecule has 0 fully saturated rings. The van der Waals surface area contributed by atoms with E-state index < -0.39 is 17.5 Å². The fraction of sp³-hybridized carbons (Fsp3) is 0.600. The first-order valence-corrected chi connectivity index (χ1v) is 17.9. The van der Waals surface area contributed by atoms with Crippen molar-refractivity contribution < 1.29 is 4.42 Å². The molecule has 5 heteroatoms. The van der Waals surface area contributed by atoms with Gasteiger partial charge in [-0.1, -0.05) is 0 Å². The first kappa shape index (κ1) is 13.9. The van der Waals surface area contributed by atoms with Crippen LogP contribution in [0.3, 0.4) is 0 Å². The fourth-order valence-corrected chi connectivity index (χ4v) is 12.5. The molecule has 0 aliphatic carbocycles. The molecule has 1 rings (SSSR count). The molecule has 0 radical (unpaired) electrons. The SMILES string of the molecule is CC(N)c1occc1C[CH2][SnH]([Br])[CH2]CS. The van der Waals surface area contributed by atoms with E-state index in [0.717, 1.165) is 17.9 Å². The van der Waals surface area contributed by atoms with Crippen LogP contribution < -0.4 is 5.73 Å². The standard InChI is InChI=1S/C8H12NO.C2H5S.BrH.Sn.H/c1-3-7-4-5-10-8(7)6(2)9;1-2-3;;;/h4-6H,1,3,9H2,2H3;3H,1-2H2;1H;;/q;;;+1;/p-1. The summed E-state index contributed by atoms with van der Waals surface area (Å²) in [6.45, 7) is 1.96. The van der Waals surface area contributed by atoms with E-state index >= 15 is 0 Å². The molecule has 0 aliphatic rings. The third-order valence-electron chi connectivity index (χ3n) is 2.36. The molecule has 2 nitrogen and oxygen atoms in total. The van der Waals surface area contributed by atoms with Crippen LogP contribution in [0.1, 0.15) is 24.3 Å². The van der Waals surface area contributed by atoms with Gasteiger partial charge in [-0.15, -0.1) is 0 Å². The minimum absolute atomic E-state index is 0.00357. The molecule has 0 saturated heterocycles. The molecule has 15 heavy (non-hydrogen) atoms. The van der Waals surface area contributed by atoms with Crippen LogP contribution in [0, 0.1) is 0 Å². The van der Waals surface area contributed by atoms with Crippen LogP contribution in [0.25, 0.3) is 0 Å². The molecule has 0 aliphatic heterocycles. The third kappa shape index (κ3) is 4.71. The summed E-state index contributed by atoms with van der Waals surface area (Å²) < 4.78 is 8.00. The molecular weight excluding hydrogens is 381 g/mol. The van der Waals surface area contributed by atoms with Crippen molar-refractivity contribution in [3.05, 3.63) is 23.7 Å². The molecule has 1 heterocycles. The van der Waals surface area contributed by atoms with E-state index in [1.807, 2.05) is 13.0 Å². The number of halogens is 1. The molecule has 0 spiro atoms. The van der Waals surface area contributed by atoms with E-state index in [4.69, 9.17) is 10.2 Å². The molecule has 2 atom stereocenters. The first-order chi connectivity index (χ1) is 7.15. The summed E-state index contributed by atoms with van der Waals surface area (Å²) in [4.78, 5) is 0. The van der Waals surface area contributed by atoms with Crippen molar-refractivity contribution >= 4 is 42.9 Å². The predicted molar refractivity (Wildman–Crippen MR) is 74.6 cm³/mol. The van der Waals surface area contributed by atoms with Crippen LogP contribution >= 0.6 is 25.3 Å². The number of furan rings is 1. The zero-order valence-corrected chi connectivity index (χ0v) is 14.7. The Morgan fingerprint density at radius 3 is 2.93 bits per heavy atom. The van der Waals surface area contributed by atoms with Crippen LogP contribution in [0.15, 0.2) is 16.7 Å². The Balaban J connectivity index is 2.46. The maximum absolute atomic E-state index is 5.82. The van der Waals surface area contributed by atoms with Gasteiger partial charge in [-0.2, -0.15) is 0 Å². The van der Waals surface area contributed by atoms with Crippen LogP contribution in [-0.2, 0) is 6.42 Å². The predicted octanol–water partition coefficient (Wildman–Crippen LogP) is 2.89. The minimum atomic E-state index is -1.40. The number of thiol groups is 1. The van der Waals surface area contributed by atoms with E-state index in [0.29, 0.717) is 0 Å². The zero-order valence-electron chi connectivity index (χ0n) is 8.95. The summed E-state index contributed by atoms with van der Waals surface area (Å²) in [6.07, 6.45) is 2.85. The average molecular weight is 399 g/mol. The number of hydrogen-bond acceptors (Lipinski definition) is 3. The Morgan fingerprint density at radius 2 is 2.33 bits per heavy atom. The Hall–Kier alpha value is 0.869. The molecule has 0 saturated carbocycles. The van der Waals surface area contributed by atoms with E-state index in [2.05, 4.69) is 25.3 Å². The van der Waals surface area contributed by atoms with Crippen molar-refractivity contribution in [2.45, 2.75) is 28.3 Å². The van der Waals surface area contributed by atoms with Crippen molar-refractivity contribution in [3.8, 4) is 0 Å². The Bertz CT molecular complexity index is 293. The second-order valence-electron chi connectivity index (χ2n) is 3.75. The molecule has 0 bridgehead atoms. The van der Waals surface area contributed by atoms with Crippen LogP contribution in [0.4, 0.5) is 0 Å². The molecule has 0 aromatic carbocycles. The molecule has 1 aromatic rings. The number of hydrogen-bond donors (Lipinski definition) is 2. The van der Waals surface area contributed by atoms with Gasteiger partial charge in [0.05, 0.1) is 0 Å². The van der Waals surface area contributed by atoms with Gasteiger partial charge in [0, 0.05) is 0 Å². The van der Waals surface area contributed by atoms with Gasteiger partial charge in [0.1, 0.15) is 0 Å². The summed E-state index contributed by atoms with van der Waals surface area (Å²) >= 11 is 6.71. The van der Waals surface area contributed by atoms with Crippen molar-refractivity contribution in [1.82, 2.24) is 0 Å². The maximum atomic E-state index is 5.82. The van der Waals surface area contributed by atoms with Gasteiger partial charge >= 0.3 is 111 Å².